The lowest BCUT2D eigenvalue weighted by molar-refractivity contribution is 0.331. The summed E-state index contributed by atoms with van der Waals surface area (Å²) in [7, 11) is 0. The molecule has 1 aromatic rings. The van der Waals surface area contributed by atoms with E-state index in [1.54, 1.807) is 6.20 Å². The molecule has 0 saturated carbocycles. The SMILES string of the molecule is CCNC(=NCCCCN1CCCC1)NC1CCN(c2ncccc2Cl)C1. The Morgan fingerprint density at radius 1 is 1.30 bits per heavy atom. The average molecular weight is 393 g/mol. The Morgan fingerprint density at radius 2 is 2.15 bits per heavy atom. The lowest BCUT2D eigenvalue weighted by Crippen LogP contribution is -2.44. The smallest absolute Gasteiger partial charge is 0.191 e. The van der Waals surface area contributed by atoms with Crippen LogP contribution < -0.4 is 15.5 Å². The van der Waals surface area contributed by atoms with Gasteiger partial charge in [-0.1, -0.05) is 11.6 Å². The van der Waals surface area contributed by atoms with Crippen molar-refractivity contribution in [3.8, 4) is 0 Å². The number of unbranched alkanes of at least 4 members (excludes halogenated alkanes) is 1. The summed E-state index contributed by atoms with van der Waals surface area (Å²) in [6.07, 6.45) is 7.98. The number of rotatable bonds is 8. The molecule has 27 heavy (non-hydrogen) atoms. The number of aliphatic imine (C=N–C) groups is 1. The molecule has 0 spiro atoms. The second kappa shape index (κ2) is 10.7. The number of hydrogen-bond donors (Lipinski definition) is 2. The van der Waals surface area contributed by atoms with Crippen LogP contribution in [0.3, 0.4) is 0 Å². The van der Waals surface area contributed by atoms with Crippen LogP contribution in [-0.2, 0) is 0 Å². The maximum Gasteiger partial charge on any atom is 0.191 e. The van der Waals surface area contributed by atoms with Crippen molar-refractivity contribution < 1.29 is 0 Å². The zero-order valence-corrected chi connectivity index (χ0v) is 17.2. The van der Waals surface area contributed by atoms with E-state index >= 15 is 0 Å². The third kappa shape index (κ3) is 6.25. The van der Waals surface area contributed by atoms with E-state index in [4.69, 9.17) is 16.6 Å². The van der Waals surface area contributed by atoms with Crippen LogP contribution in [-0.4, -0.2) is 67.7 Å². The maximum absolute atomic E-state index is 6.29. The molecule has 0 aromatic carbocycles. The molecule has 7 heteroatoms. The molecule has 0 amide bonds. The molecule has 6 nitrogen and oxygen atoms in total. The molecule has 1 atom stereocenters. The Morgan fingerprint density at radius 3 is 2.93 bits per heavy atom. The van der Waals surface area contributed by atoms with Crippen molar-refractivity contribution in [1.82, 2.24) is 20.5 Å². The van der Waals surface area contributed by atoms with Gasteiger partial charge >= 0.3 is 0 Å². The van der Waals surface area contributed by atoms with E-state index in [-0.39, 0.29) is 0 Å². The van der Waals surface area contributed by atoms with Crippen molar-refractivity contribution in [2.24, 2.45) is 4.99 Å². The molecule has 3 heterocycles. The quantitative estimate of drug-likeness (QED) is 0.404. The number of likely N-dealkylation sites (tertiary alicyclic amines) is 1. The van der Waals surface area contributed by atoms with Crippen LogP contribution >= 0.6 is 11.6 Å². The zero-order chi connectivity index (χ0) is 18.9. The molecule has 0 radical (unpaired) electrons. The molecule has 1 unspecified atom stereocenters. The van der Waals surface area contributed by atoms with Gasteiger partial charge in [0.25, 0.3) is 0 Å². The first-order chi connectivity index (χ1) is 13.3. The van der Waals surface area contributed by atoms with Gasteiger partial charge in [0.15, 0.2) is 5.96 Å². The highest BCUT2D eigenvalue weighted by atomic mass is 35.5. The number of nitrogens with zero attached hydrogens (tertiary/aromatic N) is 4. The van der Waals surface area contributed by atoms with Crippen LogP contribution in [0.1, 0.15) is 39.0 Å². The van der Waals surface area contributed by atoms with Gasteiger partial charge < -0.3 is 20.4 Å². The maximum atomic E-state index is 6.29. The summed E-state index contributed by atoms with van der Waals surface area (Å²) in [4.78, 5) is 14.0. The largest absolute Gasteiger partial charge is 0.357 e. The predicted molar refractivity (Wildman–Crippen MR) is 114 cm³/mol. The summed E-state index contributed by atoms with van der Waals surface area (Å²) >= 11 is 6.29. The van der Waals surface area contributed by atoms with Crippen molar-refractivity contribution in [1.29, 1.82) is 0 Å². The van der Waals surface area contributed by atoms with Gasteiger partial charge in [-0.3, -0.25) is 4.99 Å². The van der Waals surface area contributed by atoms with Crippen LogP contribution in [0.5, 0.6) is 0 Å². The van der Waals surface area contributed by atoms with Crippen molar-refractivity contribution >= 4 is 23.4 Å². The standard InChI is InChI=1S/C20H33ClN6/c1-2-22-20(24-10-3-4-12-26-13-5-6-14-26)25-17-9-15-27(16-17)19-18(21)8-7-11-23-19/h7-8,11,17H,2-6,9-10,12-16H2,1H3,(H2,22,24,25). The molecule has 2 N–H and O–H groups in total. The van der Waals surface area contributed by atoms with E-state index in [1.807, 2.05) is 12.1 Å². The third-order valence-corrected chi connectivity index (χ3v) is 5.56. The van der Waals surface area contributed by atoms with Crippen LogP contribution in [0.2, 0.25) is 5.02 Å². The lowest BCUT2D eigenvalue weighted by atomic mass is 10.3. The number of hydrogen-bond acceptors (Lipinski definition) is 4. The first-order valence-electron chi connectivity index (χ1n) is 10.4. The number of nitrogens with one attached hydrogen (secondary N) is 2. The summed E-state index contributed by atoms with van der Waals surface area (Å²) in [5.74, 6) is 1.81. The molecule has 2 aliphatic heterocycles. The third-order valence-electron chi connectivity index (χ3n) is 5.26. The molecular formula is C20H33ClN6. The van der Waals surface area contributed by atoms with Crippen LogP contribution in [0.25, 0.3) is 0 Å². The van der Waals surface area contributed by atoms with Gasteiger partial charge in [0.05, 0.1) is 5.02 Å². The number of guanidine groups is 1. The van der Waals surface area contributed by atoms with E-state index in [9.17, 15) is 0 Å². The first kappa shape index (κ1) is 20.2. The molecule has 1 aromatic heterocycles. The highest BCUT2D eigenvalue weighted by molar-refractivity contribution is 6.32. The van der Waals surface area contributed by atoms with E-state index < -0.39 is 0 Å². The Kier molecular flexibility index (Phi) is 8.02. The number of anilines is 1. The van der Waals surface area contributed by atoms with Crippen molar-refractivity contribution in [3.63, 3.8) is 0 Å². The molecule has 2 aliphatic rings. The first-order valence-corrected chi connectivity index (χ1v) is 10.8. The molecular weight excluding hydrogens is 360 g/mol. The van der Waals surface area contributed by atoms with Crippen molar-refractivity contribution in [2.75, 3.05) is 50.7 Å². The van der Waals surface area contributed by atoms with Crippen molar-refractivity contribution in [3.05, 3.63) is 23.4 Å². The van der Waals surface area contributed by atoms with Gasteiger partial charge in [0.2, 0.25) is 0 Å². The Hall–Kier alpha value is -1.53. The zero-order valence-electron chi connectivity index (χ0n) is 16.5. The fourth-order valence-electron chi connectivity index (χ4n) is 3.84. The highest BCUT2D eigenvalue weighted by Crippen LogP contribution is 2.25. The molecule has 0 aliphatic carbocycles. The van der Waals surface area contributed by atoms with E-state index in [2.05, 4.69) is 32.3 Å². The molecule has 3 rings (SSSR count). The Labute approximate surface area is 168 Å². The molecule has 0 bridgehead atoms. The minimum Gasteiger partial charge on any atom is -0.357 e. The fourth-order valence-corrected chi connectivity index (χ4v) is 4.08. The Bertz CT molecular complexity index is 602. The minimum atomic E-state index is 0.366. The highest BCUT2D eigenvalue weighted by Gasteiger charge is 2.25. The van der Waals surface area contributed by atoms with Gasteiger partial charge in [-0.25, -0.2) is 4.98 Å². The molecule has 2 saturated heterocycles. The average Bonchev–Trinajstić information content (AvgIpc) is 3.34. The Balaban J connectivity index is 1.42. The minimum absolute atomic E-state index is 0.366. The summed E-state index contributed by atoms with van der Waals surface area (Å²) in [5.41, 5.74) is 0. The van der Waals surface area contributed by atoms with Crippen LogP contribution in [0.4, 0.5) is 5.82 Å². The van der Waals surface area contributed by atoms with Gasteiger partial charge in [0.1, 0.15) is 5.82 Å². The monoisotopic (exact) mass is 392 g/mol. The second-order valence-corrected chi connectivity index (χ2v) is 7.81. The van der Waals surface area contributed by atoms with E-state index in [1.165, 1.54) is 38.9 Å². The summed E-state index contributed by atoms with van der Waals surface area (Å²) in [5, 5.41) is 7.68. The fraction of sp³-hybridized carbons (Fsp3) is 0.700. The van der Waals surface area contributed by atoms with Crippen LogP contribution in [0.15, 0.2) is 23.3 Å². The number of halogens is 1. The lowest BCUT2D eigenvalue weighted by Gasteiger charge is -2.20. The second-order valence-electron chi connectivity index (χ2n) is 7.40. The topological polar surface area (TPSA) is 55.8 Å². The van der Waals surface area contributed by atoms with E-state index in [0.717, 1.165) is 55.8 Å². The van der Waals surface area contributed by atoms with Gasteiger partial charge in [-0.05, 0) is 70.8 Å². The summed E-state index contributed by atoms with van der Waals surface area (Å²) < 4.78 is 0. The number of aromatic nitrogens is 1. The normalized spacial score (nSPS) is 21.0. The summed E-state index contributed by atoms with van der Waals surface area (Å²) in [6.45, 7) is 9.52. The summed E-state index contributed by atoms with van der Waals surface area (Å²) in [6, 6.07) is 4.14. The predicted octanol–water partition coefficient (Wildman–Crippen LogP) is 2.74. The van der Waals surface area contributed by atoms with Gasteiger partial charge in [0, 0.05) is 38.4 Å². The van der Waals surface area contributed by atoms with Gasteiger partial charge in [-0.2, -0.15) is 0 Å². The molecule has 150 valence electrons. The number of pyridine rings is 1. The van der Waals surface area contributed by atoms with Gasteiger partial charge in [-0.15, -0.1) is 0 Å². The van der Waals surface area contributed by atoms with Crippen molar-refractivity contribution in [2.45, 2.75) is 45.1 Å². The van der Waals surface area contributed by atoms with Crippen LogP contribution in [0, 0.1) is 0 Å². The van der Waals surface area contributed by atoms with E-state index in [0.29, 0.717) is 6.04 Å². The molecule has 2 fully saturated rings.